The number of amides is 2. The molecule has 39 heavy (non-hydrogen) atoms. The first-order chi connectivity index (χ1) is 18.8. The third-order valence-corrected chi connectivity index (χ3v) is 7.70. The summed E-state index contributed by atoms with van der Waals surface area (Å²) in [5.41, 5.74) is 2.73. The number of nitrogens with zero attached hydrogens (tertiary/aromatic N) is 2. The van der Waals surface area contributed by atoms with Crippen LogP contribution in [0.15, 0.2) is 59.4 Å². The van der Waals surface area contributed by atoms with Gasteiger partial charge in [0.15, 0.2) is 0 Å². The van der Waals surface area contributed by atoms with Gasteiger partial charge in [-0.3, -0.25) is 14.4 Å². The highest BCUT2D eigenvalue weighted by molar-refractivity contribution is 6.31. The Kier molecular flexibility index (Phi) is 7.99. The number of methoxy groups -OCH3 is 1. The maximum Gasteiger partial charge on any atom is 0.251 e. The van der Waals surface area contributed by atoms with E-state index in [0.29, 0.717) is 44.0 Å². The highest BCUT2D eigenvalue weighted by Gasteiger charge is 2.35. The molecular weight excluding hydrogens is 523 g/mol. The van der Waals surface area contributed by atoms with E-state index in [2.05, 4.69) is 15.5 Å². The molecule has 1 aromatic heterocycles. The second-order valence-electron chi connectivity index (χ2n) is 10.0. The number of aromatic nitrogens is 1. The van der Waals surface area contributed by atoms with E-state index in [1.165, 1.54) is 12.1 Å². The van der Waals surface area contributed by atoms with Crippen LogP contribution in [0, 0.1) is 11.7 Å². The van der Waals surface area contributed by atoms with Gasteiger partial charge in [0.2, 0.25) is 5.91 Å². The zero-order valence-corrected chi connectivity index (χ0v) is 22.3. The van der Waals surface area contributed by atoms with Crippen molar-refractivity contribution < 1.29 is 18.7 Å². The van der Waals surface area contributed by atoms with E-state index < -0.39 is 11.7 Å². The number of anilines is 2. The molecule has 204 valence electrons. The Morgan fingerprint density at radius 2 is 1.92 bits per heavy atom. The Labute approximate surface area is 230 Å². The minimum absolute atomic E-state index is 0.0132. The lowest BCUT2D eigenvalue weighted by Gasteiger charge is -2.44. The van der Waals surface area contributed by atoms with Gasteiger partial charge < -0.3 is 24.8 Å². The van der Waals surface area contributed by atoms with Crippen molar-refractivity contribution >= 4 is 34.8 Å². The van der Waals surface area contributed by atoms with Crippen LogP contribution >= 0.6 is 11.6 Å². The Morgan fingerprint density at radius 3 is 2.72 bits per heavy atom. The van der Waals surface area contributed by atoms with Crippen LogP contribution in [-0.2, 0) is 22.5 Å². The highest BCUT2D eigenvalue weighted by atomic mass is 35.5. The number of benzene rings is 2. The standard InChI is InChI=1S/C29H30ClFN4O4/c1-39-11-10-32-29(38)19-8-9-26(24(13-19)33-27(36)14-21-22(30)4-2-5-23(21)31)34-15-18-12-20(17-34)25-6-3-7-28(37)35(25)16-18/h2-9,13,18,20H,10-12,14-17H2,1H3,(H,32,38)(H,33,36). The molecule has 2 aliphatic heterocycles. The molecule has 1 saturated heterocycles. The fourth-order valence-electron chi connectivity index (χ4n) is 5.57. The quantitative estimate of drug-likeness (QED) is 0.415. The molecule has 2 unspecified atom stereocenters. The number of ether oxygens (including phenoxy) is 1. The van der Waals surface area contributed by atoms with Crippen molar-refractivity contribution in [3.05, 3.63) is 92.6 Å². The maximum absolute atomic E-state index is 14.4. The molecule has 2 bridgehead atoms. The molecule has 2 N–H and O–H groups in total. The lowest BCUT2D eigenvalue weighted by atomic mass is 9.83. The normalized spacial score (nSPS) is 17.9. The van der Waals surface area contributed by atoms with Crippen LogP contribution in [0.25, 0.3) is 0 Å². The zero-order valence-electron chi connectivity index (χ0n) is 21.6. The Morgan fingerprint density at radius 1 is 1.10 bits per heavy atom. The van der Waals surface area contributed by atoms with E-state index in [4.69, 9.17) is 16.3 Å². The molecule has 1 fully saturated rings. The summed E-state index contributed by atoms with van der Waals surface area (Å²) in [5.74, 6) is -0.885. The fourth-order valence-corrected chi connectivity index (χ4v) is 5.80. The van der Waals surface area contributed by atoms with Gasteiger partial charge in [-0.2, -0.15) is 0 Å². The van der Waals surface area contributed by atoms with Gasteiger partial charge in [0, 0.05) is 67.1 Å². The molecule has 0 radical (unpaired) electrons. The van der Waals surface area contributed by atoms with Gasteiger partial charge in [0.1, 0.15) is 5.82 Å². The van der Waals surface area contributed by atoms with Gasteiger partial charge in [-0.25, -0.2) is 4.39 Å². The van der Waals surface area contributed by atoms with Crippen molar-refractivity contribution in [2.24, 2.45) is 5.92 Å². The van der Waals surface area contributed by atoms with Gasteiger partial charge in [-0.1, -0.05) is 23.7 Å². The van der Waals surface area contributed by atoms with Crippen molar-refractivity contribution in [3.8, 4) is 0 Å². The number of piperidine rings is 1. The largest absolute Gasteiger partial charge is 0.383 e. The lowest BCUT2D eigenvalue weighted by Crippen LogP contribution is -2.47. The summed E-state index contributed by atoms with van der Waals surface area (Å²) in [7, 11) is 1.55. The maximum atomic E-state index is 14.4. The summed E-state index contributed by atoms with van der Waals surface area (Å²) in [6, 6.07) is 14.9. The molecule has 3 aromatic rings. The first-order valence-corrected chi connectivity index (χ1v) is 13.3. The van der Waals surface area contributed by atoms with E-state index in [1.807, 2.05) is 16.7 Å². The number of hydrogen-bond donors (Lipinski definition) is 2. The summed E-state index contributed by atoms with van der Waals surface area (Å²) in [6.07, 6.45) is 0.726. The molecule has 2 atom stereocenters. The van der Waals surface area contributed by atoms with Crippen LogP contribution in [0.5, 0.6) is 0 Å². The van der Waals surface area contributed by atoms with Gasteiger partial charge in [-0.15, -0.1) is 0 Å². The molecule has 2 amide bonds. The van der Waals surface area contributed by atoms with Crippen molar-refractivity contribution in [2.75, 3.05) is 43.6 Å². The van der Waals surface area contributed by atoms with Crippen LogP contribution in [-0.4, -0.2) is 49.7 Å². The highest BCUT2D eigenvalue weighted by Crippen LogP contribution is 2.39. The Hall–Kier alpha value is -3.69. The summed E-state index contributed by atoms with van der Waals surface area (Å²) >= 11 is 6.15. The average Bonchev–Trinajstić information content (AvgIpc) is 2.91. The van der Waals surface area contributed by atoms with E-state index in [1.54, 1.807) is 37.4 Å². The molecule has 0 spiro atoms. The number of pyridine rings is 1. The average molecular weight is 553 g/mol. The zero-order chi connectivity index (χ0) is 27.5. The Bertz CT molecular complexity index is 1440. The van der Waals surface area contributed by atoms with Crippen LogP contribution in [0.1, 0.15) is 34.0 Å². The predicted molar refractivity (Wildman–Crippen MR) is 148 cm³/mol. The molecule has 0 saturated carbocycles. The van der Waals surface area contributed by atoms with Crippen LogP contribution in [0.3, 0.4) is 0 Å². The smallest absolute Gasteiger partial charge is 0.251 e. The van der Waals surface area contributed by atoms with Crippen molar-refractivity contribution in [1.82, 2.24) is 9.88 Å². The molecule has 2 aromatic carbocycles. The molecule has 8 nitrogen and oxygen atoms in total. The van der Waals surface area contributed by atoms with Crippen LogP contribution in [0.2, 0.25) is 5.02 Å². The Balaban J connectivity index is 1.44. The van der Waals surface area contributed by atoms with Gasteiger partial charge in [-0.05, 0) is 48.7 Å². The minimum atomic E-state index is -0.554. The lowest BCUT2D eigenvalue weighted by molar-refractivity contribution is -0.115. The minimum Gasteiger partial charge on any atom is -0.383 e. The van der Waals surface area contributed by atoms with Gasteiger partial charge in [0.25, 0.3) is 11.5 Å². The number of carbonyl (C=O) groups is 2. The van der Waals surface area contributed by atoms with Gasteiger partial charge in [0.05, 0.1) is 24.4 Å². The monoisotopic (exact) mass is 552 g/mol. The second kappa shape index (κ2) is 11.6. The molecule has 10 heteroatoms. The van der Waals surface area contributed by atoms with Crippen LogP contribution in [0.4, 0.5) is 15.8 Å². The van der Waals surface area contributed by atoms with Crippen molar-refractivity contribution in [1.29, 1.82) is 0 Å². The molecule has 2 aliphatic rings. The van der Waals surface area contributed by atoms with Crippen LogP contribution < -0.4 is 21.1 Å². The second-order valence-corrected chi connectivity index (χ2v) is 10.4. The van der Waals surface area contributed by atoms with Gasteiger partial charge >= 0.3 is 0 Å². The van der Waals surface area contributed by atoms with Crippen molar-refractivity contribution in [3.63, 3.8) is 0 Å². The fraction of sp³-hybridized carbons (Fsp3) is 0.345. The number of carbonyl (C=O) groups excluding carboxylic acids is 2. The molecule has 0 aliphatic carbocycles. The summed E-state index contributed by atoms with van der Waals surface area (Å²) in [5, 5.41) is 5.87. The summed E-state index contributed by atoms with van der Waals surface area (Å²) in [6.45, 7) is 2.70. The number of nitrogens with one attached hydrogen (secondary N) is 2. The third-order valence-electron chi connectivity index (χ3n) is 7.34. The summed E-state index contributed by atoms with van der Waals surface area (Å²) < 4.78 is 21.2. The van der Waals surface area contributed by atoms with Crippen molar-refractivity contribution in [2.45, 2.75) is 25.3 Å². The SMILES string of the molecule is COCCNC(=O)c1ccc(N2CC3CC(C2)c2cccc(=O)n2C3)c(NC(=O)Cc2c(F)cccc2Cl)c1. The topological polar surface area (TPSA) is 92.7 Å². The van der Waals surface area contributed by atoms with E-state index in [0.717, 1.165) is 17.8 Å². The number of fused-ring (bicyclic) bond motifs is 4. The number of halogens is 2. The number of hydrogen-bond acceptors (Lipinski definition) is 5. The van der Waals surface area contributed by atoms with E-state index in [9.17, 15) is 18.8 Å². The molecular formula is C29H30ClFN4O4. The first-order valence-electron chi connectivity index (χ1n) is 12.9. The van der Waals surface area contributed by atoms with E-state index in [-0.39, 0.29) is 40.3 Å². The first kappa shape index (κ1) is 26.9. The molecule has 5 rings (SSSR count). The third kappa shape index (κ3) is 5.84. The number of rotatable bonds is 8. The summed E-state index contributed by atoms with van der Waals surface area (Å²) in [4.78, 5) is 40.5. The van der Waals surface area contributed by atoms with E-state index >= 15 is 0 Å². The molecule has 3 heterocycles. The predicted octanol–water partition coefficient (Wildman–Crippen LogP) is 3.82.